The fraction of sp³-hybridized carbons (Fsp3) is 0.857. The van der Waals surface area contributed by atoms with E-state index in [-0.39, 0.29) is 0 Å². The summed E-state index contributed by atoms with van der Waals surface area (Å²) in [5.74, 6) is 0.951. The molecule has 0 aromatic carbocycles. The Morgan fingerprint density at radius 3 is 3.22 bits per heavy atom. The second-order valence-electron chi connectivity index (χ2n) is 2.80. The van der Waals surface area contributed by atoms with Crippen LogP contribution in [-0.2, 0) is 4.79 Å². The second-order valence-corrected chi connectivity index (χ2v) is 2.80. The molecule has 1 rings (SSSR count). The third kappa shape index (κ3) is 2.14. The highest BCUT2D eigenvalue weighted by molar-refractivity contribution is 5.79. The van der Waals surface area contributed by atoms with E-state index >= 15 is 0 Å². The molecule has 1 unspecified atom stereocenters. The van der Waals surface area contributed by atoms with Gasteiger partial charge in [-0.1, -0.05) is 6.92 Å². The fourth-order valence-corrected chi connectivity index (χ4v) is 1.14. The van der Waals surface area contributed by atoms with E-state index in [9.17, 15) is 4.79 Å². The number of rotatable bonds is 0. The standard InChI is InChI=1S/C7H13NO/c1-6-4-7(9)2-3-8-5-6/h6,8H,2-5H2,1H3. The molecular formula is C7H13NO. The minimum atomic E-state index is 0.410. The summed E-state index contributed by atoms with van der Waals surface area (Å²) >= 11 is 0. The lowest BCUT2D eigenvalue weighted by Crippen LogP contribution is -2.18. The molecule has 2 nitrogen and oxygen atoms in total. The maximum atomic E-state index is 10.9. The van der Waals surface area contributed by atoms with Crippen molar-refractivity contribution in [3.8, 4) is 0 Å². The van der Waals surface area contributed by atoms with Gasteiger partial charge in [-0.25, -0.2) is 0 Å². The minimum absolute atomic E-state index is 0.410. The maximum absolute atomic E-state index is 10.9. The van der Waals surface area contributed by atoms with Crippen LogP contribution < -0.4 is 5.32 Å². The van der Waals surface area contributed by atoms with Crippen molar-refractivity contribution < 1.29 is 4.79 Å². The summed E-state index contributed by atoms with van der Waals surface area (Å²) in [5.41, 5.74) is 0. The van der Waals surface area contributed by atoms with E-state index in [1.54, 1.807) is 0 Å². The van der Waals surface area contributed by atoms with E-state index in [0.29, 0.717) is 11.7 Å². The third-order valence-corrected chi connectivity index (χ3v) is 1.65. The van der Waals surface area contributed by atoms with Crippen molar-refractivity contribution >= 4 is 5.78 Å². The van der Waals surface area contributed by atoms with Crippen molar-refractivity contribution in [2.45, 2.75) is 19.8 Å². The monoisotopic (exact) mass is 127 g/mol. The zero-order valence-corrected chi connectivity index (χ0v) is 5.81. The third-order valence-electron chi connectivity index (χ3n) is 1.65. The van der Waals surface area contributed by atoms with E-state index in [2.05, 4.69) is 12.2 Å². The first kappa shape index (κ1) is 6.75. The molecule has 1 heterocycles. The molecule has 0 aromatic heterocycles. The topological polar surface area (TPSA) is 29.1 Å². The van der Waals surface area contributed by atoms with Crippen LogP contribution in [0.5, 0.6) is 0 Å². The molecule has 0 amide bonds. The summed E-state index contributed by atoms with van der Waals surface area (Å²) in [6.07, 6.45) is 1.50. The van der Waals surface area contributed by atoms with Crippen molar-refractivity contribution in [1.82, 2.24) is 5.32 Å². The summed E-state index contributed by atoms with van der Waals surface area (Å²) in [5, 5.41) is 3.21. The zero-order chi connectivity index (χ0) is 6.69. The highest BCUT2D eigenvalue weighted by atomic mass is 16.1. The second kappa shape index (κ2) is 2.97. The highest BCUT2D eigenvalue weighted by Crippen LogP contribution is 2.05. The van der Waals surface area contributed by atoms with Gasteiger partial charge < -0.3 is 5.32 Å². The van der Waals surface area contributed by atoms with E-state index in [4.69, 9.17) is 0 Å². The predicted octanol–water partition coefficient (Wildman–Crippen LogP) is 0.575. The SMILES string of the molecule is CC1CNCCC(=O)C1. The van der Waals surface area contributed by atoms with Gasteiger partial charge in [-0.2, -0.15) is 0 Å². The molecular weight excluding hydrogens is 114 g/mol. The Morgan fingerprint density at radius 2 is 2.44 bits per heavy atom. The van der Waals surface area contributed by atoms with E-state index in [1.165, 1.54) is 0 Å². The maximum Gasteiger partial charge on any atom is 0.134 e. The summed E-state index contributed by atoms with van der Waals surface area (Å²) in [7, 11) is 0. The average Bonchev–Trinajstić information content (AvgIpc) is 1.93. The van der Waals surface area contributed by atoms with Crippen molar-refractivity contribution in [2.75, 3.05) is 13.1 Å². The molecule has 2 heteroatoms. The number of Topliss-reactive ketones (excluding diaryl/α,β-unsaturated/α-hetero) is 1. The van der Waals surface area contributed by atoms with Gasteiger partial charge in [0.15, 0.2) is 0 Å². The van der Waals surface area contributed by atoms with Crippen LogP contribution in [0.4, 0.5) is 0 Å². The normalized spacial score (nSPS) is 29.9. The summed E-state index contributed by atoms with van der Waals surface area (Å²) in [6, 6.07) is 0. The van der Waals surface area contributed by atoms with Crippen LogP contribution in [0, 0.1) is 5.92 Å². The molecule has 9 heavy (non-hydrogen) atoms. The summed E-state index contributed by atoms with van der Waals surface area (Å²) in [6.45, 7) is 3.99. The van der Waals surface area contributed by atoms with Crippen LogP contribution >= 0.6 is 0 Å². The van der Waals surface area contributed by atoms with Crippen LogP contribution in [0.1, 0.15) is 19.8 Å². The van der Waals surface area contributed by atoms with Gasteiger partial charge in [-0.15, -0.1) is 0 Å². The van der Waals surface area contributed by atoms with Gasteiger partial charge in [0.25, 0.3) is 0 Å². The lowest BCUT2D eigenvalue weighted by atomic mass is 10.1. The molecule has 1 saturated heterocycles. The molecule has 1 atom stereocenters. The molecule has 1 aliphatic rings. The number of hydrogen-bond donors (Lipinski definition) is 1. The first-order valence-corrected chi connectivity index (χ1v) is 3.51. The smallest absolute Gasteiger partial charge is 0.134 e. The largest absolute Gasteiger partial charge is 0.316 e. The van der Waals surface area contributed by atoms with Gasteiger partial charge in [0, 0.05) is 19.4 Å². The average molecular weight is 127 g/mol. The Hall–Kier alpha value is -0.370. The summed E-state index contributed by atoms with van der Waals surface area (Å²) < 4.78 is 0. The first-order valence-electron chi connectivity index (χ1n) is 3.51. The van der Waals surface area contributed by atoms with Gasteiger partial charge in [0.05, 0.1) is 0 Å². The predicted molar refractivity (Wildman–Crippen MR) is 36.3 cm³/mol. The van der Waals surface area contributed by atoms with Gasteiger partial charge in [0.1, 0.15) is 5.78 Å². The molecule has 0 aliphatic carbocycles. The molecule has 1 N–H and O–H groups in total. The van der Waals surface area contributed by atoms with Crippen LogP contribution in [0.2, 0.25) is 0 Å². The molecule has 1 aliphatic heterocycles. The number of hydrogen-bond acceptors (Lipinski definition) is 2. The van der Waals surface area contributed by atoms with Gasteiger partial charge in [0.2, 0.25) is 0 Å². The van der Waals surface area contributed by atoms with Crippen molar-refractivity contribution in [2.24, 2.45) is 5.92 Å². The Bertz CT molecular complexity index is 111. The number of carbonyl (C=O) groups excluding carboxylic acids is 1. The van der Waals surface area contributed by atoms with Crippen LogP contribution in [0.15, 0.2) is 0 Å². The van der Waals surface area contributed by atoms with Crippen molar-refractivity contribution in [1.29, 1.82) is 0 Å². The lowest BCUT2D eigenvalue weighted by Gasteiger charge is -2.03. The quantitative estimate of drug-likeness (QED) is 0.515. The summed E-state index contributed by atoms with van der Waals surface area (Å²) in [4.78, 5) is 10.9. The number of nitrogens with one attached hydrogen (secondary N) is 1. The number of ketones is 1. The van der Waals surface area contributed by atoms with E-state index < -0.39 is 0 Å². The van der Waals surface area contributed by atoms with Gasteiger partial charge in [-0.05, 0) is 12.5 Å². The van der Waals surface area contributed by atoms with E-state index in [1.807, 2.05) is 0 Å². The molecule has 0 aromatic rings. The highest BCUT2D eigenvalue weighted by Gasteiger charge is 2.11. The Morgan fingerprint density at radius 1 is 1.67 bits per heavy atom. The van der Waals surface area contributed by atoms with Gasteiger partial charge >= 0.3 is 0 Å². The minimum Gasteiger partial charge on any atom is -0.316 e. The van der Waals surface area contributed by atoms with E-state index in [0.717, 1.165) is 25.9 Å². The zero-order valence-electron chi connectivity index (χ0n) is 5.81. The first-order chi connectivity index (χ1) is 4.29. The molecule has 1 fully saturated rings. The Kier molecular flexibility index (Phi) is 2.22. The van der Waals surface area contributed by atoms with Crippen LogP contribution in [0.3, 0.4) is 0 Å². The Balaban J connectivity index is 2.37. The molecule has 0 saturated carbocycles. The fourth-order valence-electron chi connectivity index (χ4n) is 1.14. The van der Waals surface area contributed by atoms with Crippen LogP contribution in [-0.4, -0.2) is 18.9 Å². The van der Waals surface area contributed by atoms with Crippen molar-refractivity contribution in [3.63, 3.8) is 0 Å². The molecule has 0 radical (unpaired) electrons. The van der Waals surface area contributed by atoms with Crippen molar-refractivity contribution in [3.05, 3.63) is 0 Å². The van der Waals surface area contributed by atoms with Gasteiger partial charge in [-0.3, -0.25) is 4.79 Å². The molecule has 52 valence electrons. The number of carbonyl (C=O) groups is 1. The Labute approximate surface area is 55.6 Å². The van der Waals surface area contributed by atoms with Crippen LogP contribution in [0.25, 0.3) is 0 Å². The molecule has 0 spiro atoms. The lowest BCUT2D eigenvalue weighted by molar-refractivity contribution is -0.119. The molecule has 0 bridgehead atoms.